The number of hydrogen-bond donors (Lipinski definition) is 2. The van der Waals surface area contributed by atoms with Crippen molar-refractivity contribution in [2.45, 2.75) is 19.4 Å². The second-order valence-electron chi connectivity index (χ2n) is 4.73. The van der Waals surface area contributed by atoms with Crippen molar-refractivity contribution >= 4 is 32.6 Å². The summed E-state index contributed by atoms with van der Waals surface area (Å²) in [5, 5.41) is 5.05. The van der Waals surface area contributed by atoms with Gasteiger partial charge in [0.15, 0.2) is 0 Å². The van der Waals surface area contributed by atoms with Gasteiger partial charge in [-0.3, -0.25) is 4.79 Å². The fourth-order valence-corrected chi connectivity index (χ4v) is 2.25. The van der Waals surface area contributed by atoms with E-state index in [2.05, 4.69) is 21.2 Å². The van der Waals surface area contributed by atoms with Gasteiger partial charge >= 0.3 is 0 Å². The molecule has 0 radical (unpaired) electrons. The van der Waals surface area contributed by atoms with Gasteiger partial charge in [0.2, 0.25) is 0 Å². The SMILES string of the molecule is CC(N)CCNC(=O)c1ccc2cc(Br)ccc2c1. The molecule has 1 unspecified atom stereocenters. The molecule has 3 nitrogen and oxygen atoms in total. The normalized spacial score (nSPS) is 12.4. The third kappa shape index (κ3) is 3.78. The van der Waals surface area contributed by atoms with Gasteiger partial charge in [0.05, 0.1) is 0 Å². The van der Waals surface area contributed by atoms with Crippen LogP contribution in [0.4, 0.5) is 0 Å². The topological polar surface area (TPSA) is 55.1 Å². The third-order valence-electron chi connectivity index (χ3n) is 2.95. The lowest BCUT2D eigenvalue weighted by Gasteiger charge is -2.08. The molecule has 100 valence electrons. The molecule has 0 saturated carbocycles. The van der Waals surface area contributed by atoms with Crippen molar-refractivity contribution in [3.8, 4) is 0 Å². The number of carbonyl (C=O) groups excluding carboxylic acids is 1. The summed E-state index contributed by atoms with van der Waals surface area (Å²) in [4.78, 5) is 12.0. The molecule has 1 amide bonds. The van der Waals surface area contributed by atoms with Crippen LogP contribution in [0.1, 0.15) is 23.7 Å². The number of nitrogens with one attached hydrogen (secondary N) is 1. The van der Waals surface area contributed by atoms with E-state index in [1.54, 1.807) is 0 Å². The number of nitrogens with two attached hydrogens (primary N) is 1. The third-order valence-corrected chi connectivity index (χ3v) is 3.44. The van der Waals surface area contributed by atoms with Crippen molar-refractivity contribution < 1.29 is 4.79 Å². The lowest BCUT2D eigenvalue weighted by molar-refractivity contribution is 0.0953. The minimum absolute atomic E-state index is 0.0505. The standard InChI is InChI=1S/C15H17BrN2O/c1-10(17)6-7-18-15(19)13-3-2-12-9-14(16)5-4-11(12)8-13/h2-5,8-10H,6-7,17H2,1H3,(H,18,19). The average Bonchev–Trinajstić information content (AvgIpc) is 2.37. The lowest BCUT2D eigenvalue weighted by atomic mass is 10.1. The van der Waals surface area contributed by atoms with Crippen LogP contribution in [0.5, 0.6) is 0 Å². The van der Waals surface area contributed by atoms with E-state index in [-0.39, 0.29) is 11.9 Å². The molecule has 0 spiro atoms. The molecule has 19 heavy (non-hydrogen) atoms. The lowest BCUT2D eigenvalue weighted by Crippen LogP contribution is -2.28. The summed E-state index contributed by atoms with van der Waals surface area (Å²) in [7, 11) is 0. The Morgan fingerprint density at radius 2 is 1.95 bits per heavy atom. The van der Waals surface area contributed by atoms with E-state index in [1.165, 1.54) is 0 Å². The summed E-state index contributed by atoms with van der Waals surface area (Å²) < 4.78 is 1.04. The Balaban J connectivity index is 2.12. The molecule has 2 rings (SSSR count). The predicted molar refractivity (Wildman–Crippen MR) is 82.2 cm³/mol. The van der Waals surface area contributed by atoms with E-state index >= 15 is 0 Å². The van der Waals surface area contributed by atoms with Gasteiger partial charge in [-0.2, -0.15) is 0 Å². The first-order valence-electron chi connectivity index (χ1n) is 6.29. The molecule has 0 bridgehead atoms. The zero-order valence-corrected chi connectivity index (χ0v) is 12.4. The molecule has 0 aliphatic rings. The van der Waals surface area contributed by atoms with Crippen molar-refractivity contribution in [2.24, 2.45) is 5.73 Å². The second-order valence-corrected chi connectivity index (χ2v) is 5.64. The molecule has 0 aliphatic carbocycles. The van der Waals surface area contributed by atoms with Gasteiger partial charge in [-0.05, 0) is 48.4 Å². The van der Waals surface area contributed by atoms with Crippen LogP contribution in [0.25, 0.3) is 10.8 Å². The van der Waals surface area contributed by atoms with Crippen molar-refractivity contribution in [1.82, 2.24) is 5.32 Å². The van der Waals surface area contributed by atoms with Crippen LogP contribution in [0.2, 0.25) is 0 Å². The van der Waals surface area contributed by atoms with Gasteiger partial charge in [-0.25, -0.2) is 0 Å². The Morgan fingerprint density at radius 1 is 1.26 bits per heavy atom. The molecule has 0 fully saturated rings. The first-order valence-corrected chi connectivity index (χ1v) is 7.08. The van der Waals surface area contributed by atoms with E-state index in [9.17, 15) is 4.79 Å². The highest BCUT2D eigenvalue weighted by atomic mass is 79.9. The minimum atomic E-state index is -0.0505. The Bertz CT molecular complexity index is 596. The minimum Gasteiger partial charge on any atom is -0.352 e. The number of hydrogen-bond acceptors (Lipinski definition) is 2. The maximum absolute atomic E-state index is 12.0. The van der Waals surface area contributed by atoms with Gasteiger partial charge in [-0.15, -0.1) is 0 Å². The molecule has 2 aromatic carbocycles. The van der Waals surface area contributed by atoms with Crippen LogP contribution >= 0.6 is 15.9 Å². The number of carbonyl (C=O) groups is 1. The molecule has 0 heterocycles. The number of halogens is 1. The highest BCUT2D eigenvalue weighted by molar-refractivity contribution is 9.10. The number of amides is 1. The smallest absolute Gasteiger partial charge is 0.251 e. The molecule has 2 aromatic rings. The summed E-state index contributed by atoms with van der Waals surface area (Å²) in [5.74, 6) is -0.0505. The zero-order chi connectivity index (χ0) is 13.8. The maximum atomic E-state index is 12.0. The Hall–Kier alpha value is -1.39. The number of benzene rings is 2. The van der Waals surface area contributed by atoms with Crippen LogP contribution in [0.3, 0.4) is 0 Å². The van der Waals surface area contributed by atoms with E-state index in [1.807, 2.05) is 43.3 Å². The van der Waals surface area contributed by atoms with Crippen LogP contribution in [0, 0.1) is 0 Å². The van der Waals surface area contributed by atoms with Crippen LogP contribution in [0.15, 0.2) is 40.9 Å². The van der Waals surface area contributed by atoms with Gasteiger partial charge < -0.3 is 11.1 Å². The molecule has 0 saturated heterocycles. The molecule has 0 aliphatic heterocycles. The van der Waals surface area contributed by atoms with Crippen molar-refractivity contribution in [3.05, 3.63) is 46.4 Å². The van der Waals surface area contributed by atoms with Gasteiger partial charge in [0, 0.05) is 22.6 Å². The summed E-state index contributed by atoms with van der Waals surface area (Å²) in [5.41, 5.74) is 6.33. The van der Waals surface area contributed by atoms with Crippen LogP contribution in [-0.4, -0.2) is 18.5 Å². The van der Waals surface area contributed by atoms with Gasteiger partial charge in [-0.1, -0.05) is 28.1 Å². The fourth-order valence-electron chi connectivity index (χ4n) is 1.87. The quantitative estimate of drug-likeness (QED) is 0.909. The van der Waals surface area contributed by atoms with Gasteiger partial charge in [0.25, 0.3) is 5.91 Å². The summed E-state index contributed by atoms with van der Waals surface area (Å²) in [6.07, 6.45) is 0.784. The molecule has 4 heteroatoms. The number of fused-ring (bicyclic) bond motifs is 1. The average molecular weight is 321 g/mol. The summed E-state index contributed by atoms with van der Waals surface area (Å²) in [6, 6.07) is 11.8. The van der Waals surface area contributed by atoms with Crippen molar-refractivity contribution in [1.29, 1.82) is 0 Å². The fraction of sp³-hybridized carbons (Fsp3) is 0.267. The number of rotatable bonds is 4. The zero-order valence-electron chi connectivity index (χ0n) is 10.8. The van der Waals surface area contributed by atoms with Gasteiger partial charge in [0.1, 0.15) is 0 Å². The molecule has 3 N–H and O–H groups in total. The van der Waals surface area contributed by atoms with Crippen molar-refractivity contribution in [3.63, 3.8) is 0 Å². The van der Waals surface area contributed by atoms with Crippen molar-refractivity contribution in [2.75, 3.05) is 6.54 Å². The second kappa shape index (κ2) is 6.17. The molecule has 1 atom stereocenters. The Morgan fingerprint density at radius 3 is 2.68 bits per heavy atom. The first-order chi connectivity index (χ1) is 9.06. The van der Waals surface area contributed by atoms with E-state index in [0.717, 1.165) is 21.7 Å². The largest absolute Gasteiger partial charge is 0.352 e. The maximum Gasteiger partial charge on any atom is 0.251 e. The molecule has 0 aromatic heterocycles. The van der Waals surface area contributed by atoms with E-state index in [0.29, 0.717) is 12.1 Å². The molecular formula is C15H17BrN2O. The Labute approximate surface area is 121 Å². The van der Waals surface area contributed by atoms with Crippen LogP contribution in [-0.2, 0) is 0 Å². The highest BCUT2D eigenvalue weighted by Gasteiger charge is 2.06. The first kappa shape index (κ1) is 14.0. The summed E-state index contributed by atoms with van der Waals surface area (Å²) in [6.45, 7) is 2.54. The summed E-state index contributed by atoms with van der Waals surface area (Å²) >= 11 is 3.44. The Kier molecular flexibility index (Phi) is 4.56. The highest BCUT2D eigenvalue weighted by Crippen LogP contribution is 2.20. The van der Waals surface area contributed by atoms with E-state index in [4.69, 9.17) is 5.73 Å². The molecular weight excluding hydrogens is 304 g/mol. The predicted octanol–water partition coefficient (Wildman–Crippen LogP) is 3.07. The monoisotopic (exact) mass is 320 g/mol. The van der Waals surface area contributed by atoms with Crippen LogP contribution < -0.4 is 11.1 Å². The van der Waals surface area contributed by atoms with E-state index < -0.39 is 0 Å².